The van der Waals surface area contributed by atoms with Crippen molar-refractivity contribution >= 4 is 5.82 Å². The zero-order valence-electron chi connectivity index (χ0n) is 9.73. The SMILES string of the molecule is Cc1nn(C)c(NN)c1Cn1ccnc1C. The minimum absolute atomic E-state index is 0.727. The third-order valence-corrected chi connectivity index (χ3v) is 2.74. The van der Waals surface area contributed by atoms with Crippen LogP contribution < -0.4 is 11.3 Å². The van der Waals surface area contributed by atoms with Crippen molar-refractivity contribution in [1.82, 2.24) is 19.3 Å². The lowest BCUT2D eigenvalue weighted by atomic mass is 10.2. The number of nitrogen functional groups attached to an aromatic ring is 1. The van der Waals surface area contributed by atoms with E-state index in [4.69, 9.17) is 5.84 Å². The zero-order valence-corrected chi connectivity index (χ0v) is 9.73. The van der Waals surface area contributed by atoms with Crippen LogP contribution in [0.5, 0.6) is 0 Å². The minimum Gasteiger partial charge on any atom is -0.331 e. The Hall–Kier alpha value is -1.82. The molecule has 2 rings (SSSR count). The second-order valence-corrected chi connectivity index (χ2v) is 3.78. The molecule has 86 valence electrons. The highest BCUT2D eigenvalue weighted by Gasteiger charge is 2.13. The van der Waals surface area contributed by atoms with Crippen LogP contribution in [0.3, 0.4) is 0 Å². The molecule has 0 aliphatic rings. The van der Waals surface area contributed by atoms with Gasteiger partial charge in [-0.05, 0) is 13.8 Å². The number of nitrogens with zero attached hydrogens (tertiary/aromatic N) is 4. The number of hydrogen-bond donors (Lipinski definition) is 2. The molecule has 0 saturated heterocycles. The van der Waals surface area contributed by atoms with Crippen LogP contribution in [0, 0.1) is 13.8 Å². The summed E-state index contributed by atoms with van der Waals surface area (Å²) < 4.78 is 3.81. The number of rotatable bonds is 3. The summed E-state index contributed by atoms with van der Waals surface area (Å²) in [5, 5.41) is 4.33. The second-order valence-electron chi connectivity index (χ2n) is 3.78. The fraction of sp³-hybridized carbons (Fsp3) is 0.400. The Bertz CT molecular complexity index is 495. The third-order valence-electron chi connectivity index (χ3n) is 2.74. The molecule has 0 spiro atoms. The van der Waals surface area contributed by atoms with Gasteiger partial charge in [0.1, 0.15) is 11.6 Å². The topological polar surface area (TPSA) is 73.7 Å². The predicted molar refractivity (Wildman–Crippen MR) is 61.8 cm³/mol. The van der Waals surface area contributed by atoms with Gasteiger partial charge in [0.05, 0.1) is 12.2 Å². The molecule has 0 aliphatic heterocycles. The summed E-state index contributed by atoms with van der Waals surface area (Å²) in [5.41, 5.74) is 4.75. The monoisotopic (exact) mass is 220 g/mol. The first-order valence-corrected chi connectivity index (χ1v) is 5.10. The Kier molecular flexibility index (Phi) is 2.66. The molecule has 2 aromatic rings. The lowest BCUT2D eigenvalue weighted by Gasteiger charge is -2.07. The Morgan fingerprint density at radius 2 is 2.19 bits per heavy atom. The summed E-state index contributed by atoms with van der Waals surface area (Å²) in [4.78, 5) is 4.19. The van der Waals surface area contributed by atoms with Gasteiger partial charge in [-0.1, -0.05) is 0 Å². The number of aromatic nitrogens is 4. The van der Waals surface area contributed by atoms with Crippen LogP contribution in [-0.4, -0.2) is 19.3 Å². The highest BCUT2D eigenvalue weighted by Crippen LogP contribution is 2.19. The Labute approximate surface area is 94.1 Å². The van der Waals surface area contributed by atoms with E-state index in [0.29, 0.717) is 0 Å². The fourth-order valence-electron chi connectivity index (χ4n) is 1.81. The number of aryl methyl sites for hydroxylation is 3. The van der Waals surface area contributed by atoms with Crippen LogP contribution in [0.4, 0.5) is 5.82 Å². The van der Waals surface area contributed by atoms with E-state index < -0.39 is 0 Å². The molecule has 16 heavy (non-hydrogen) atoms. The molecule has 2 heterocycles. The molecule has 0 bridgehead atoms. The molecule has 0 atom stereocenters. The number of imidazole rings is 1. The van der Waals surface area contributed by atoms with Gasteiger partial charge in [0, 0.05) is 25.0 Å². The minimum atomic E-state index is 0.727. The van der Waals surface area contributed by atoms with E-state index in [9.17, 15) is 0 Å². The van der Waals surface area contributed by atoms with Gasteiger partial charge >= 0.3 is 0 Å². The third kappa shape index (κ3) is 1.67. The molecule has 3 N–H and O–H groups in total. The molecule has 0 aromatic carbocycles. The van der Waals surface area contributed by atoms with Crippen LogP contribution in [0.15, 0.2) is 12.4 Å². The summed E-state index contributed by atoms with van der Waals surface area (Å²) in [6, 6.07) is 0. The van der Waals surface area contributed by atoms with Crippen molar-refractivity contribution in [2.75, 3.05) is 5.43 Å². The predicted octanol–water partition coefficient (Wildman–Crippen LogP) is 0.567. The van der Waals surface area contributed by atoms with Crippen molar-refractivity contribution in [2.45, 2.75) is 20.4 Å². The number of anilines is 1. The van der Waals surface area contributed by atoms with Gasteiger partial charge < -0.3 is 9.99 Å². The molecular formula is C10H16N6. The van der Waals surface area contributed by atoms with E-state index in [1.807, 2.05) is 27.1 Å². The Morgan fingerprint density at radius 3 is 2.75 bits per heavy atom. The van der Waals surface area contributed by atoms with Crippen LogP contribution in [0.2, 0.25) is 0 Å². The van der Waals surface area contributed by atoms with Crippen molar-refractivity contribution < 1.29 is 0 Å². The highest BCUT2D eigenvalue weighted by atomic mass is 15.4. The summed E-state index contributed by atoms with van der Waals surface area (Å²) in [5.74, 6) is 7.31. The van der Waals surface area contributed by atoms with E-state index in [2.05, 4.69) is 20.1 Å². The Balaban J connectivity index is 2.38. The van der Waals surface area contributed by atoms with Gasteiger partial charge in [-0.15, -0.1) is 0 Å². The van der Waals surface area contributed by atoms with Crippen LogP contribution in [0.1, 0.15) is 17.1 Å². The maximum Gasteiger partial charge on any atom is 0.143 e. The molecule has 0 fully saturated rings. The molecule has 0 unspecified atom stereocenters. The van der Waals surface area contributed by atoms with Crippen LogP contribution in [-0.2, 0) is 13.6 Å². The molecule has 2 aromatic heterocycles. The van der Waals surface area contributed by atoms with E-state index in [1.165, 1.54) is 0 Å². The largest absolute Gasteiger partial charge is 0.331 e. The summed E-state index contributed by atoms with van der Waals surface area (Å²) in [6.45, 7) is 4.68. The normalized spacial score (nSPS) is 10.8. The quantitative estimate of drug-likeness (QED) is 0.586. The van der Waals surface area contributed by atoms with Gasteiger partial charge in [-0.3, -0.25) is 4.68 Å². The molecule has 0 aliphatic carbocycles. The molecule has 6 heteroatoms. The van der Waals surface area contributed by atoms with Gasteiger partial charge in [0.25, 0.3) is 0 Å². The average molecular weight is 220 g/mol. The van der Waals surface area contributed by atoms with Crippen molar-refractivity contribution in [3.05, 3.63) is 29.5 Å². The van der Waals surface area contributed by atoms with E-state index in [0.717, 1.165) is 29.4 Å². The molecule has 0 radical (unpaired) electrons. The van der Waals surface area contributed by atoms with Crippen LogP contribution >= 0.6 is 0 Å². The zero-order chi connectivity index (χ0) is 11.7. The lowest BCUT2D eigenvalue weighted by Crippen LogP contribution is -2.14. The van der Waals surface area contributed by atoms with Crippen molar-refractivity contribution in [3.63, 3.8) is 0 Å². The Morgan fingerprint density at radius 1 is 1.44 bits per heavy atom. The smallest absolute Gasteiger partial charge is 0.143 e. The molecule has 6 nitrogen and oxygen atoms in total. The lowest BCUT2D eigenvalue weighted by molar-refractivity contribution is 0.754. The fourth-order valence-corrected chi connectivity index (χ4v) is 1.81. The maximum atomic E-state index is 5.50. The van der Waals surface area contributed by atoms with Crippen molar-refractivity contribution in [3.8, 4) is 0 Å². The van der Waals surface area contributed by atoms with Crippen molar-refractivity contribution in [1.29, 1.82) is 0 Å². The highest BCUT2D eigenvalue weighted by molar-refractivity contribution is 5.46. The summed E-state index contributed by atoms with van der Waals surface area (Å²) >= 11 is 0. The van der Waals surface area contributed by atoms with Gasteiger partial charge in [0.15, 0.2) is 0 Å². The average Bonchev–Trinajstić information content (AvgIpc) is 2.74. The summed E-state index contributed by atoms with van der Waals surface area (Å²) in [7, 11) is 1.87. The number of hydrogen-bond acceptors (Lipinski definition) is 4. The standard InChI is InChI=1S/C10H16N6/c1-7-9(10(13-11)15(3)14-7)6-16-5-4-12-8(16)2/h4-5,13H,6,11H2,1-3H3. The second kappa shape index (κ2) is 3.97. The number of nitrogens with two attached hydrogens (primary N) is 1. The van der Waals surface area contributed by atoms with Gasteiger partial charge in [-0.25, -0.2) is 10.8 Å². The van der Waals surface area contributed by atoms with Gasteiger partial charge in [0.2, 0.25) is 0 Å². The van der Waals surface area contributed by atoms with E-state index >= 15 is 0 Å². The first-order valence-electron chi connectivity index (χ1n) is 5.10. The maximum absolute atomic E-state index is 5.50. The van der Waals surface area contributed by atoms with E-state index in [-0.39, 0.29) is 0 Å². The first-order chi connectivity index (χ1) is 7.63. The van der Waals surface area contributed by atoms with E-state index in [1.54, 1.807) is 10.9 Å². The molecule has 0 saturated carbocycles. The first kappa shape index (κ1) is 10.7. The van der Waals surface area contributed by atoms with Crippen molar-refractivity contribution in [2.24, 2.45) is 12.9 Å². The molecule has 0 amide bonds. The number of hydrazine groups is 1. The number of nitrogens with one attached hydrogen (secondary N) is 1. The van der Waals surface area contributed by atoms with Gasteiger partial charge in [-0.2, -0.15) is 5.10 Å². The summed E-state index contributed by atoms with van der Waals surface area (Å²) in [6.07, 6.45) is 3.73. The molecular weight excluding hydrogens is 204 g/mol. The van der Waals surface area contributed by atoms with Crippen LogP contribution in [0.25, 0.3) is 0 Å².